The highest BCUT2D eigenvalue weighted by Crippen LogP contribution is 2.28. The fourth-order valence-electron chi connectivity index (χ4n) is 2.92. The first-order valence-corrected chi connectivity index (χ1v) is 9.91. The summed E-state index contributed by atoms with van der Waals surface area (Å²) in [6.07, 6.45) is 1.53. The zero-order valence-corrected chi connectivity index (χ0v) is 15.8. The average Bonchev–Trinajstić information content (AvgIpc) is 3.19. The van der Waals surface area contributed by atoms with Crippen LogP contribution in [-0.4, -0.2) is 28.0 Å². The van der Waals surface area contributed by atoms with Gasteiger partial charge in [-0.2, -0.15) is 0 Å². The van der Waals surface area contributed by atoms with E-state index in [1.54, 1.807) is 47.4 Å². The Hall–Kier alpha value is -3.46. The van der Waals surface area contributed by atoms with Gasteiger partial charge in [0.1, 0.15) is 11.6 Å². The van der Waals surface area contributed by atoms with E-state index < -0.39 is 10.0 Å². The maximum atomic E-state index is 12.6. The summed E-state index contributed by atoms with van der Waals surface area (Å²) in [7, 11) is -2.25. The van der Waals surface area contributed by atoms with Crippen molar-refractivity contribution in [2.75, 3.05) is 28.7 Å². The van der Waals surface area contributed by atoms with E-state index >= 15 is 0 Å². The van der Waals surface area contributed by atoms with Crippen LogP contribution in [0.5, 0.6) is 5.75 Å². The minimum absolute atomic E-state index is 0.116. The Morgan fingerprint density at radius 1 is 1.18 bits per heavy atom. The zero-order chi connectivity index (χ0) is 19.7. The molecule has 1 aliphatic heterocycles. The summed E-state index contributed by atoms with van der Waals surface area (Å²) in [6.45, 7) is 0.383. The molecule has 0 saturated heterocycles. The summed E-state index contributed by atoms with van der Waals surface area (Å²) in [5.74, 6) is 1.35. The number of hydrogen-bond donors (Lipinski definition) is 3. The summed E-state index contributed by atoms with van der Waals surface area (Å²) >= 11 is 0. The van der Waals surface area contributed by atoms with Crippen molar-refractivity contribution in [2.45, 2.75) is 4.90 Å². The number of fused-ring (bicyclic) bond motifs is 1. The summed E-state index contributed by atoms with van der Waals surface area (Å²) in [4.78, 5) is 1.88. The second-order valence-corrected chi connectivity index (χ2v) is 7.79. The minimum Gasteiger partial charge on any atom is -0.497 e. The lowest BCUT2D eigenvalue weighted by atomic mass is 10.2. The highest BCUT2D eigenvalue weighted by molar-refractivity contribution is 7.92. The van der Waals surface area contributed by atoms with Crippen molar-refractivity contribution < 1.29 is 17.6 Å². The Labute approximate surface area is 162 Å². The molecule has 0 spiro atoms. The Morgan fingerprint density at radius 2 is 1.96 bits per heavy atom. The lowest BCUT2D eigenvalue weighted by molar-refractivity contribution is 0.413. The molecule has 4 rings (SSSR count). The maximum Gasteiger partial charge on any atom is 0.262 e. The first-order valence-electron chi connectivity index (χ1n) is 8.43. The number of benzene rings is 2. The second kappa shape index (κ2) is 6.93. The van der Waals surface area contributed by atoms with Gasteiger partial charge in [-0.25, -0.2) is 8.42 Å². The molecule has 0 atom stereocenters. The Kier molecular flexibility index (Phi) is 4.44. The van der Waals surface area contributed by atoms with Gasteiger partial charge in [-0.1, -0.05) is 6.07 Å². The van der Waals surface area contributed by atoms with Crippen molar-refractivity contribution in [3.05, 3.63) is 66.4 Å². The van der Waals surface area contributed by atoms with Gasteiger partial charge in [0.25, 0.3) is 10.0 Å². The molecular formula is C19H18N4O4S. The van der Waals surface area contributed by atoms with Crippen LogP contribution in [0.25, 0.3) is 0 Å². The number of hydrogen-bond acceptors (Lipinski definition) is 6. The molecular weight excluding hydrogens is 380 g/mol. The number of nitrogens with one attached hydrogen (secondary N) is 3. The van der Waals surface area contributed by atoms with E-state index in [-0.39, 0.29) is 4.90 Å². The van der Waals surface area contributed by atoms with Gasteiger partial charge >= 0.3 is 0 Å². The molecule has 28 heavy (non-hydrogen) atoms. The number of ether oxygens (including phenoxy) is 1. The van der Waals surface area contributed by atoms with Crippen molar-refractivity contribution >= 4 is 33.1 Å². The molecule has 0 bridgehead atoms. The topological polar surface area (TPSA) is 108 Å². The summed E-state index contributed by atoms with van der Waals surface area (Å²) in [5, 5.41) is 11.4. The van der Waals surface area contributed by atoms with Gasteiger partial charge in [-0.15, -0.1) is 0 Å². The molecule has 8 nitrogen and oxygen atoms in total. The number of nitrogens with zero attached hydrogens (tertiary/aromatic N) is 1. The number of sulfonamides is 1. The SMILES string of the molecule is COc1cccc(S(=O)(=O)Nc2ccc(N3CNc4occc4C3=N)cc2)c1. The molecule has 0 saturated carbocycles. The first kappa shape index (κ1) is 17.9. The molecule has 144 valence electrons. The summed E-state index contributed by atoms with van der Waals surface area (Å²) in [6, 6.07) is 14.8. The highest BCUT2D eigenvalue weighted by Gasteiger charge is 2.24. The normalized spacial score (nSPS) is 13.6. The highest BCUT2D eigenvalue weighted by atomic mass is 32.2. The standard InChI is InChI=1S/C19H18N4O4S/c1-26-15-3-2-4-16(11-15)28(24,25)22-13-5-7-14(8-6-13)23-12-21-19-17(18(23)20)9-10-27-19/h2-11,20-22H,12H2,1H3. The van der Waals surface area contributed by atoms with Crippen LogP contribution in [0.3, 0.4) is 0 Å². The van der Waals surface area contributed by atoms with Crippen molar-refractivity contribution in [1.29, 1.82) is 5.41 Å². The van der Waals surface area contributed by atoms with Gasteiger partial charge in [0.2, 0.25) is 5.88 Å². The third-order valence-corrected chi connectivity index (χ3v) is 5.75. The zero-order valence-electron chi connectivity index (χ0n) is 15.0. The summed E-state index contributed by atoms with van der Waals surface area (Å²) < 4.78 is 38.1. The van der Waals surface area contributed by atoms with Gasteiger partial charge in [0, 0.05) is 17.4 Å². The van der Waals surface area contributed by atoms with Crippen LogP contribution < -0.4 is 19.7 Å². The van der Waals surface area contributed by atoms with Crippen LogP contribution in [0, 0.1) is 5.41 Å². The Bertz CT molecular complexity index is 1120. The van der Waals surface area contributed by atoms with Gasteiger partial charge in [0.15, 0.2) is 0 Å². The molecule has 0 fully saturated rings. The Morgan fingerprint density at radius 3 is 2.71 bits per heavy atom. The van der Waals surface area contributed by atoms with Gasteiger partial charge in [-0.05, 0) is 42.5 Å². The number of methoxy groups -OCH3 is 1. The molecule has 3 aromatic rings. The number of rotatable bonds is 5. The van der Waals surface area contributed by atoms with Crippen molar-refractivity contribution in [3.63, 3.8) is 0 Å². The lowest BCUT2D eigenvalue weighted by Gasteiger charge is -2.29. The number of amidine groups is 1. The van der Waals surface area contributed by atoms with Crippen LogP contribution >= 0.6 is 0 Å². The van der Waals surface area contributed by atoms with Crippen LogP contribution in [0.4, 0.5) is 17.3 Å². The lowest BCUT2D eigenvalue weighted by Crippen LogP contribution is -2.39. The van der Waals surface area contributed by atoms with Crippen LogP contribution in [-0.2, 0) is 10.0 Å². The fraction of sp³-hybridized carbons (Fsp3) is 0.105. The van der Waals surface area contributed by atoms with Crippen LogP contribution in [0.15, 0.2) is 70.2 Å². The van der Waals surface area contributed by atoms with Crippen molar-refractivity contribution in [1.82, 2.24) is 0 Å². The van der Waals surface area contributed by atoms with Crippen molar-refractivity contribution in [3.8, 4) is 5.75 Å². The maximum absolute atomic E-state index is 12.6. The molecule has 0 radical (unpaired) electrons. The van der Waals surface area contributed by atoms with E-state index in [2.05, 4.69) is 10.0 Å². The van der Waals surface area contributed by atoms with Gasteiger partial charge < -0.3 is 19.4 Å². The third-order valence-electron chi connectivity index (χ3n) is 4.37. The fourth-order valence-corrected chi connectivity index (χ4v) is 4.01. The molecule has 2 heterocycles. The number of furan rings is 1. The van der Waals surface area contributed by atoms with Crippen molar-refractivity contribution in [2.24, 2.45) is 0 Å². The molecule has 0 unspecified atom stereocenters. The van der Waals surface area contributed by atoms with Gasteiger partial charge in [-0.3, -0.25) is 10.1 Å². The smallest absolute Gasteiger partial charge is 0.262 e. The average molecular weight is 398 g/mol. The molecule has 2 aromatic carbocycles. The predicted molar refractivity (Wildman–Crippen MR) is 107 cm³/mol. The Balaban J connectivity index is 1.53. The predicted octanol–water partition coefficient (Wildman–Crippen LogP) is 3.30. The second-order valence-electron chi connectivity index (χ2n) is 6.11. The third kappa shape index (κ3) is 3.27. The molecule has 0 aliphatic carbocycles. The van der Waals surface area contributed by atoms with Crippen LogP contribution in [0.1, 0.15) is 5.56 Å². The summed E-state index contributed by atoms with van der Waals surface area (Å²) in [5.41, 5.74) is 1.86. The number of anilines is 3. The molecule has 9 heteroatoms. The first-order chi connectivity index (χ1) is 13.5. The van der Waals surface area contributed by atoms with E-state index in [0.29, 0.717) is 35.4 Å². The van der Waals surface area contributed by atoms with E-state index in [1.165, 1.54) is 25.5 Å². The van der Waals surface area contributed by atoms with Crippen LogP contribution in [0.2, 0.25) is 0 Å². The monoisotopic (exact) mass is 398 g/mol. The largest absolute Gasteiger partial charge is 0.497 e. The van der Waals surface area contributed by atoms with Gasteiger partial charge in [0.05, 0.1) is 30.5 Å². The van der Waals surface area contributed by atoms with E-state index in [9.17, 15) is 8.42 Å². The quantitative estimate of drug-likeness (QED) is 0.609. The van der Waals surface area contributed by atoms with E-state index in [4.69, 9.17) is 14.6 Å². The molecule has 1 aromatic heterocycles. The molecule has 1 aliphatic rings. The minimum atomic E-state index is -3.74. The van der Waals surface area contributed by atoms with E-state index in [0.717, 1.165) is 5.69 Å². The molecule has 0 amide bonds. The van der Waals surface area contributed by atoms with E-state index in [1.807, 2.05) is 0 Å². The molecule has 3 N–H and O–H groups in total.